The van der Waals surface area contributed by atoms with Gasteiger partial charge in [0.15, 0.2) is 0 Å². The fourth-order valence-corrected chi connectivity index (χ4v) is 3.68. The summed E-state index contributed by atoms with van der Waals surface area (Å²) in [6, 6.07) is 0.342. The first-order chi connectivity index (χ1) is 8.24. The van der Waals surface area contributed by atoms with Crippen LogP contribution in [0.5, 0.6) is 0 Å². The van der Waals surface area contributed by atoms with Crippen LogP contribution in [-0.2, 0) is 4.79 Å². The van der Waals surface area contributed by atoms with Gasteiger partial charge >= 0.3 is 0 Å². The van der Waals surface area contributed by atoms with Crippen molar-refractivity contribution in [1.29, 1.82) is 0 Å². The van der Waals surface area contributed by atoms with E-state index in [-0.39, 0.29) is 5.91 Å². The normalized spacial score (nSPS) is 22.7. The Morgan fingerprint density at radius 1 is 1.17 bits per heavy atom. The van der Waals surface area contributed by atoms with Crippen LogP contribution in [0.3, 0.4) is 0 Å². The first-order valence-corrected chi connectivity index (χ1v) is 7.24. The number of nitrogens with two attached hydrogens (primary N) is 1. The predicted octanol–water partition coefficient (Wildman–Crippen LogP) is 2.84. The van der Waals surface area contributed by atoms with Gasteiger partial charge in [-0.2, -0.15) is 0 Å². The smallest absolute Gasteiger partial charge is 0.220 e. The van der Waals surface area contributed by atoms with Crippen LogP contribution in [-0.4, -0.2) is 18.5 Å². The topological polar surface area (TPSA) is 55.1 Å². The van der Waals surface area contributed by atoms with Gasteiger partial charge in [0.25, 0.3) is 0 Å². The van der Waals surface area contributed by atoms with Crippen molar-refractivity contribution < 1.29 is 4.79 Å². The molecule has 0 aliphatic heterocycles. The average molecular weight is 254 g/mol. The highest BCUT2D eigenvalue weighted by Crippen LogP contribution is 2.45. The lowest BCUT2D eigenvalue weighted by Gasteiger charge is -2.45. The maximum absolute atomic E-state index is 11.9. The highest BCUT2D eigenvalue weighted by atomic mass is 16.1. The third kappa shape index (κ3) is 5.38. The van der Waals surface area contributed by atoms with Crippen LogP contribution in [0, 0.1) is 10.8 Å². The number of nitrogens with one attached hydrogen (secondary N) is 1. The summed E-state index contributed by atoms with van der Waals surface area (Å²) < 4.78 is 0. The second-order valence-corrected chi connectivity index (χ2v) is 7.42. The van der Waals surface area contributed by atoms with Crippen LogP contribution in [0.25, 0.3) is 0 Å². The van der Waals surface area contributed by atoms with Crippen molar-refractivity contribution in [3.8, 4) is 0 Å². The number of rotatable bonds is 5. The third-order valence-electron chi connectivity index (χ3n) is 3.78. The molecule has 0 saturated heterocycles. The summed E-state index contributed by atoms with van der Waals surface area (Å²) in [6.45, 7) is 9.91. The van der Waals surface area contributed by atoms with Gasteiger partial charge in [-0.15, -0.1) is 0 Å². The molecule has 1 aliphatic carbocycles. The van der Waals surface area contributed by atoms with E-state index in [9.17, 15) is 4.79 Å². The minimum atomic E-state index is 0.196. The van der Waals surface area contributed by atoms with Gasteiger partial charge in [-0.3, -0.25) is 4.79 Å². The molecule has 1 rings (SSSR count). The fourth-order valence-electron chi connectivity index (χ4n) is 3.68. The summed E-state index contributed by atoms with van der Waals surface area (Å²) in [6.07, 6.45) is 5.89. The second-order valence-electron chi connectivity index (χ2n) is 7.42. The molecule has 106 valence electrons. The van der Waals surface area contributed by atoms with Gasteiger partial charge in [-0.25, -0.2) is 0 Å². The van der Waals surface area contributed by atoms with Gasteiger partial charge < -0.3 is 11.1 Å². The molecule has 0 heterocycles. The van der Waals surface area contributed by atoms with Crippen LogP contribution < -0.4 is 11.1 Å². The molecular formula is C15H30N2O. The Hall–Kier alpha value is -0.570. The largest absolute Gasteiger partial charge is 0.353 e. The molecule has 0 bridgehead atoms. The summed E-state index contributed by atoms with van der Waals surface area (Å²) in [5.41, 5.74) is 6.10. The van der Waals surface area contributed by atoms with Gasteiger partial charge in [-0.1, -0.05) is 27.7 Å². The quantitative estimate of drug-likeness (QED) is 0.741. The maximum Gasteiger partial charge on any atom is 0.220 e. The summed E-state index contributed by atoms with van der Waals surface area (Å²) >= 11 is 0. The van der Waals surface area contributed by atoms with Crippen LogP contribution >= 0.6 is 0 Å². The SMILES string of the molecule is CC1(C)CC(NC(=O)CCCCN)CC(C)(C)C1. The number of hydrogen-bond donors (Lipinski definition) is 2. The zero-order valence-corrected chi connectivity index (χ0v) is 12.5. The van der Waals surface area contributed by atoms with Crippen molar-refractivity contribution in [3.63, 3.8) is 0 Å². The molecule has 3 N–H and O–H groups in total. The summed E-state index contributed by atoms with van der Waals surface area (Å²) in [7, 11) is 0. The Morgan fingerprint density at radius 3 is 2.22 bits per heavy atom. The highest BCUT2D eigenvalue weighted by molar-refractivity contribution is 5.76. The maximum atomic E-state index is 11.9. The summed E-state index contributed by atoms with van der Waals surface area (Å²) in [5, 5.41) is 3.21. The average Bonchev–Trinajstić information content (AvgIpc) is 2.12. The summed E-state index contributed by atoms with van der Waals surface area (Å²) in [4.78, 5) is 11.9. The van der Waals surface area contributed by atoms with Crippen molar-refractivity contribution in [2.75, 3.05) is 6.54 Å². The zero-order valence-electron chi connectivity index (χ0n) is 12.5. The van der Waals surface area contributed by atoms with E-state index in [1.54, 1.807) is 0 Å². The highest BCUT2D eigenvalue weighted by Gasteiger charge is 2.38. The molecule has 0 unspecified atom stereocenters. The van der Waals surface area contributed by atoms with Crippen LogP contribution in [0.1, 0.15) is 66.2 Å². The Balaban J connectivity index is 2.44. The lowest BCUT2D eigenvalue weighted by molar-refractivity contribution is -0.122. The third-order valence-corrected chi connectivity index (χ3v) is 3.78. The lowest BCUT2D eigenvalue weighted by Crippen LogP contribution is -2.46. The van der Waals surface area contributed by atoms with E-state index in [1.165, 1.54) is 6.42 Å². The van der Waals surface area contributed by atoms with Crippen LogP contribution in [0.15, 0.2) is 0 Å². The monoisotopic (exact) mass is 254 g/mol. The molecule has 0 aromatic rings. The van der Waals surface area contributed by atoms with Crippen LogP contribution in [0.4, 0.5) is 0 Å². The Morgan fingerprint density at radius 2 is 1.72 bits per heavy atom. The van der Waals surface area contributed by atoms with Crippen molar-refractivity contribution in [3.05, 3.63) is 0 Å². The van der Waals surface area contributed by atoms with Crippen molar-refractivity contribution in [2.45, 2.75) is 72.3 Å². The first kappa shape index (κ1) is 15.5. The molecule has 1 aliphatic rings. The Labute approximate surface area is 112 Å². The first-order valence-electron chi connectivity index (χ1n) is 7.24. The van der Waals surface area contributed by atoms with E-state index in [1.807, 2.05) is 0 Å². The molecule has 3 nitrogen and oxygen atoms in total. The van der Waals surface area contributed by atoms with Gasteiger partial charge in [0, 0.05) is 12.5 Å². The fraction of sp³-hybridized carbons (Fsp3) is 0.933. The molecule has 18 heavy (non-hydrogen) atoms. The molecule has 3 heteroatoms. The van der Waals surface area contributed by atoms with Crippen LogP contribution in [0.2, 0.25) is 0 Å². The molecule has 1 amide bonds. The van der Waals surface area contributed by atoms with E-state index >= 15 is 0 Å². The number of carbonyl (C=O) groups excluding carboxylic acids is 1. The molecular weight excluding hydrogens is 224 g/mol. The van der Waals surface area contributed by atoms with E-state index < -0.39 is 0 Å². The molecule has 0 radical (unpaired) electrons. The minimum absolute atomic E-state index is 0.196. The standard InChI is InChI=1S/C15H30N2O/c1-14(2)9-12(10-15(3,4)11-14)17-13(18)7-5-6-8-16/h12H,5-11,16H2,1-4H3,(H,17,18). The molecule has 0 atom stereocenters. The van der Waals surface area contributed by atoms with Crippen molar-refractivity contribution >= 4 is 5.91 Å². The molecule has 0 spiro atoms. The number of carbonyl (C=O) groups is 1. The summed E-state index contributed by atoms with van der Waals surface area (Å²) in [5.74, 6) is 0.196. The molecule has 0 aromatic heterocycles. The van der Waals surface area contributed by atoms with E-state index in [2.05, 4.69) is 33.0 Å². The van der Waals surface area contributed by atoms with Gasteiger partial charge in [-0.05, 0) is 49.5 Å². The molecule has 0 aromatic carbocycles. The van der Waals surface area contributed by atoms with Gasteiger partial charge in [0.05, 0.1) is 0 Å². The number of amides is 1. The lowest BCUT2D eigenvalue weighted by atomic mass is 9.63. The van der Waals surface area contributed by atoms with Crippen molar-refractivity contribution in [2.24, 2.45) is 16.6 Å². The van der Waals surface area contributed by atoms with E-state index in [0.717, 1.165) is 25.7 Å². The predicted molar refractivity (Wildman–Crippen MR) is 76.2 cm³/mol. The zero-order chi connectivity index (χ0) is 13.8. The minimum Gasteiger partial charge on any atom is -0.353 e. The van der Waals surface area contributed by atoms with Gasteiger partial charge in [0.1, 0.15) is 0 Å². The second kappa shape index (κ2) is 6.05. The Bertz CT molecular complexity index is 268. The van der Waals surface area contributed by atoms with E-state index in [4.69, 9.17) is 5.73 Å². The number of unbranched alkanes of at least 4 members (excludes halogenated alkanes) is 1. The van der Waals surface area contributed by atoms with Crippen molar-refractivity contribution in [1.82, 2.24) is 5.32 Å². The van der Waals surface area contributed by atoms with E-state index in [0.29, 0.717) is 29.8 Å². The molecule has 1 fully saturated rings. The number of hydrogen-bond acceptors (Lipinski definition) is 2. The Kier molecular flexibility index (Phi) is 5.20. The van der Waals surface area contributed by atoms with Gasteiger partial charge in [0.2, 0.25) is 5.91 Å². The molecule has 1 saturated carbocycles.